The molecule has 0 spiro atoms. The summed E-state index contributed by atoms with van der Waals surface area (Å²) in [6.07, 6.45) is 4.61. The van der Waals surface area contributed by atoms with E-state index < -0.39 is 0 Å². The number of rotatable bonds is 7. The summed E-state index contributed by atoms with van der Waals surface area (Å²) in [7, 11) is 0. The average Bonchev–Trinajstić information content (AvgIpc) is 3.38. The summed E-state index contributed by atoms with van der Waals surface area (Å²) in [5.41, 5.74) is 3.14. The maximum absolute atomic E-state index is 13.9. The number of nitrogens with zero attached hydrogens (tertiary/aromatic N) is 7. The summed E-state index contributed by atoms with van der Waals surface area (Å²) in [5, 5.41) is 0.864. The summed E-state index contributed by atoms with van der Waals surface area (Å²) >= 11 is 0. The zero-order valence-electron chi connectivity index (χ0n) is 22.8. The minimum absolute atomic E-state index is 0.272. The fourth-order valence-corrected chi connectivity index (χ4v) is 5.75. The molecule has 0 radical (unpaired) electrons. The maximum Gasteiger partial charge on any atom is 0.232 e. The molecule has 2 saturated heterocycles. The fraction of sp³-hybridized carbons (Fsp3) is 0.433. The Bertz CT molecular complexity index is 1390. The SMILES string of the molecule is CCCN1CCN(c2ncnc3oc(-c4ccc(N5CCN(CC)CC5)nc4)c(-c4ccc(F)cc4)c23)CC1. The van der Waals surface area contributed by atoms with Crippen LogP contribution in [0.2, 0.25) is 0 Å². The van der Waals surface area contributed by atoms with E-state index in [1.54, 1.807) is 18.5 Å². The Labute approximate surface area is 229 Å². The second-order valence-electron chi connectivity index (χ2n) is 10.3. The van der Waals surface area contributed by atoms with Gasteiger partial charge in [-0.15, -0.1) is 0 Å². The van der Waals surface area contributed by atoms with E-state index in [1.165, 1.54) is 12.1 Å². The van der Waals surface area contributed by atoms with Crippen molar-refractivity contribution in [2.45, 2.75) is 20.3 Å². The molecule has 0 amide bonds. The molecule has 6 rings (SSSR count). The van der Waals surface area contributed by atoms with E-state index in [2.05, 4.69) is 50.6 Å². The molecule has 1 aromatic carbocycles. The number of piperazine rings is 2. The smallest absolute Gasteiger partial charge is 0.232 e. The topological polar surface area (TPSA) is 64.8 Å². The molecule has 5 heterocycles. The van der Waals surface area contributed by atoms with Crippen molar-refractivity contribution in [2.75, 3.05) is 75.2 Å². The largest absolute Gasteiger partial charge is 0.437 e. The van der Waals surface area contributed by atoms with E-state index in [9.17, 15) is 4.39 Å². The molecular weight excluding hydrogens is 493 g/mol. The lowest BCUT2D eigenvalue weighted by Crippen LogP contribution is -2.46. The van der Waals surface area contributed by atoms with Gasteiger partial charge in [0, 0.05) is 69.7 Å². The molecule has 2 aliphatic heterocycles. The van der Waals surface area contributed by atoms with Gasteiger partial charge < -0.3 is 19.1 Å². The fourth-order valence-electron chi connectivity index (χ4n) is 5.75. The molecule has 0 N–H and O–H groups in total. The third-order valence-electron chi connectivity index (χ3n) is 7.97. The molecule has 8 nitrogen and oxygen atoms in total. The predicted molar refractivity (Wildman–Crippen MR) is 154 cm³/mol. The van der Waals surface area contributed by atoms with Gasteiger partial charge in [-0.2, -0.15) is 0 Å². The number of anilines is 2. The van der Waals surface area contributed by atoms with Crippen molar-refractivity contribution < 1.29 is 8.81 Å². The van der Waals surface area contributed by atoms with Gasteiger partial charge in [0.05, 0.1) is 5.39 Å². The molecule has 2 aliphatic rings. The van der Waals surface area contributed by atoms with Crippen molar-refractivity contribution in [3.8, 4) is 22.5 Å². The van der Waals surface area contributed by atoms with Crippen molar-refractivity contribution >= 4 is 22.7 Å². The number of likely N-dealkylation sites (N-methyl/N-ethyl adjacent to an activating group) is 1. The van der Waals surface area contributed by atoms with Gasteiger partial charge >= 0.3 is 0 Å². The molecule has 0 atom stereocenters. The van der Waals surface area contributed by atoms with E-state index >= 15 is 0 Å². The van der Waals surface area contributed by atoms with Gasteiger partial charge in [0.2, 0.25) is 5.71 Å². The van der Waals surface area contributed by atoms with Crippen molar-refractivity contribution in [1.29, 1.82) is 0 Å². The van der Waals surface area contributed by atoms with Crippen LogP contribution < -0.4 is 9.80 Å². The van der Waals surface area contributed by atoms with Crippen molar-refractivity contribution in [1.82, 2.24) is 24.8 Å². The number of fused-ring (bicyclic) bond motifs is 1. The third kappa shape index (κ3) is 5.21. The van der Waals surface area contributed by atoms with Gasteiger partial charge in [-0.3, -0.25) is 4.90 Å². The van der Waals surface area contributed by atoms with Crippen LogP contribution in [0.5, 0.6) is 0 Å². The number of furan rings is 1. The highest BCUT2D eigenvalue weighted by Crippen LogP contribution is 2.43. The van der Waals surface area contributed by atoms with E-state index in [0.29, 0.717) is 11.5 Å². The van der Waals surface area contributed by atoms with Crippen LogP contribution in [0, 0.1) is 5.82 Å². The number of pyridine rings is 1. The van der Waals surface area contributed by atoms with Gasteiger partial charge in [-0.25, -0.2) is 19.3 Å². The maximum atomic E-state index is 13.9. The molecular formula is C30H36FN7O. The number of aromatic nitrogens is 3. The third-order valence-corrected chi connectivity index (χ3v) is 7.97. The van der Waals surface area contributed by atoms with Gasteiger partial charge in [0.25, 0.3) is 0 Å². The van der Waals surface area contributed by atoms with Crippen molar-refractivity contribution in [3.63, 3.8) is 0 Å². The highest BCUT2D eigenvalue weighted by Gasteiger charge is 2.27. The lowest BCUT2D eigenvalue weighted by atomic mass is 9.99. The number of hydrogen-bond donors (Lipinski definition) is 0. The van der Waals surface area contributed by atoms with Crippen LogP contribution in [0.15, 0.2) is 53.3 Å². The molecule has 2 fully saturated rings. The van der Waals surface area contributed by atoms with Crippen LogP contribution >= 0.6 is 0 Å². The first-order valence-corrected chi connectivity index (χ1v) is 14.1. The zero-order valence-corrected chi connectivity index (χ0v) is 22.8. The van der Waals surface area contributed by atoms with Crippen molar-refractivity contribution in [2.24, 2.45) is 0 Å². The van der Waals surface area contributed by atoms with Crippen LogP contribution in [-0.4, -0.2) is 90.2 Å². The van der Waals surface area contributed by atoms with Gasteiger partial charge in [-0.1, -0.05) is 26.0 Å². The Morgan fingerprint density at radius 2 is 1.46 bits per heavy atom. The molecule has 0 unspecified atom stereocenters. The Morgan fingerprint density at radius 1 is 0.769 bits per heavy atom. The summed E-state index contributed by atoms with van der Waals surface area (Å²) in [6.45, 7) is 14.4. The first-order chi connectivity index (χ1) is 19.1. The van der Waals surface area contributed by atoms with Crippen LogP contribution in [-0.2, 0) is 0 Å². The van der Waals surface area contributed by atoms with E-state index in [1.807, 2.05) is 6.20 Å². The highest BCUT2D eigenvalue weighted by atomic mass is 19.1. The average molecular weight is 530 g/mol. The Hall–Kier alpha value is -3.56. The number of halogens is 1. The van der Waals surface area contributed by atoms with E-state index in [0.717, 1.165) is 106 Å². The summed E-state index contributed by atoms with van der Waals surface area (Å²) in [4.78, 5) is 23.7. The van der Waals surface area contributed by atoms with Gasteiger partial charge in [0.15, 0.2) is 0 Å². The molecule has 3 aromatic heterocycles. The summed E-state index contributed by atoms with van der Waals surface area (Å²) in [6, 6.07) is 10.7. The molecule has 9 heteroatoms. The first-order valence-electron chi connectivity index (χ1n) is 14.1. The van der Waals surface area contributed by atoms with Gasteiger partial charge in [0.1, 0.15) is 29.5 Å². The second kappa shape index (κ2) is 11.3. The lowest BCUT2D eigenvalue weighted by Gasteiger charge is -2.35. The quantitative estimate of drug-likeness (QED) is 0.340. The molecule has 0 saturated carbocycles. The van der Waals surface area contributed by atoms with Crippen LogP contribution in [0.1, 0.15) is 20.3 Å². The monoisotopic (exact) mass is 529 g/mol. The normalized spacial score (nSPS) is 17.3. The van der Waals surface area contributed by atoms with E-state index in [-0.39, 0.29) is 5.82 Å². The number of benzene rings is 1. The predicted octanol–water partition coefficient (Wildman–Crippen LogP) is 4.76. The second-order valence-corrected chi connectivity index (χ2v) is 10.3. The molecule has 204 valence electrons. The minimum atomic E-state index is -0.272. The standard InChI is InChI=1S/C30H36FN7O/c1-3-11-36-14-18-38(19-15-36)29-27-26(22-5-8-24(31)9-6-22)28(39-30(27)34-21-33-29)23-7-10-25(32-20-23)37-16-12-35(4-2)13-17-37/h5-10,20-21H,3-4,11-19H2,1-2H3. The Kier molecular flexibility index (Phi) is 7.43. The Balaban J connectivity index is 1.39. The molecule has 0 bridgehead atoms. The van der Waals surface area contributed by atoms with E-state index in [4.69, 9.17) is 14.4 Å². The summed E-state index contributed by atoms with van der Waals surface area (Å²) < 4.78 is 20.4. The molecule has 4 aromatic rings. The highest BCUT2D eigenvalue weighted by molar-refractivity contribution is 6.06. The summed E-state index contributed by atoms with van der Waals surface area (Å²) in [5.74, 6) is 2.24. The van der Waals surface area contributed by atoms with Crippen molar-refractivity contribution in [3.05, 3.63) is 54.7 Å². The minimum Gasteiger partial charge on any atom is -0.437 e. The van der Waals surface area contributed by atoms with Crippen LogP contribution in [0.25, 0.3) is 33.6 Å². The first kappa shape index (κ1) is 25.7. The Morgan fingerprint density at radius 3 is 2.13 bits per heavy atom. The van der Waals surface area contributed by atoms with Crippen LogP contribution in [0.3, 0.4) is 0 Å². The van der Waals surface area contributed by atoms with Crippen LogP contribution in [0.4, 0.5) is 16.0 Å². The number of hydrogen-bond acceptors (Lipinski definition) is 8. The molecule has 0 aliphatic carbocycles. The molecule has 39 heavy (non-hydrogen) atoms. The lowest BCUT2D eigenvalue weighted by molar-refractivity contribution is 0.258. The zero-order chi connectivity index (χ0) is 26.8. The van der Waals surface area contributed by atoms with Gasteiger partial charge in [-0.05, 0) is 49.3 Å².